The summed E-state index contributed by atoms with van der Waals surface area (Å²) in [5.74, 6) is 0.822. The van der Waals surface area contributed by atoms with Crippen LogP contribution in [0.4, 0.5) is 0 Å². The van der Waals surface area contributed by atoms with Gasteiger partial charge in [0.15, 0.2) is 0 Å². The molecule has 2 N–H and O–H groups in total. The first-order valence-corrected chi connectivity index (χ1v) is 7.83. The molecule has 0 saturated heterocycles. The van der Waals surface area contributed by atoms with Crippen molar-refractivity contribution in [2.75, 3.05) is 6.54 Å². The third-order valence-electron chi connectivity index (χ3n) is 4.17. The van der Waals surface area contributed by atoms with Crippen molar-refractivity contribution in [3.05, 3.63) is 60.7 Å². The Morgan fingerprint density at radius 2 is 1.92 bits per heavy atom. The molecule has 0 aliphatic heterocycles. The smallest absolute Gasteiger partial charge is 0.207 e. The van der Waals surface area contributed by atoms with Crippen LogP contribution in [0.3, 0.4) is 0 Å². The van der Waals surface area contributed by atoms with Crippen LogP contribution in [0.2, 0.25) is 0 Å². The highest BCUT2D eigenvalue weighted by atomic mass is 16.1. The Labute approximate surface area is 141 Å². The summed E-state index contributed by atoms with van der Waals surface area (Å²) < 4.78 is 0. The number of nitrogens with one attached hydrogen (secondary N) is 2. The van der Waals surface area contributed by atoms with Crippen molar-refractivity contribution in [3.63, 3.8) is 0 Å². The van der Waals surface area contributed by atoms with E-state index in [1.165, 1.54) is 0 Å². The van der Waals surface area contributed by atoms with Gasteiger partial charge in [-0.3, -0.25) is 9.78 Å². The monoisotopic (exact) mass is 320 g/mol. The largest absolute Gasteiger partial charge is 0.358 e. The topological polar surface area (TPSA) is 70.7 Å². The standard InChI is InChI=1S/C19H20N4O/c1-19(2,12-21-13-24)15-3-4-16(14-5-7-20-8-6-14)17(11-15)18-22-9-10-23-18/h3-11,13H,12H2,1-2H3,(H,21,24)(H,22,23). The Kier molecular flexibility index (Phi) is 4.42. The fraction of sp³-hybridized carbons (Fsp3) is 0.211. The average molecular weight is 320 g/mol. The SMILES string of the molecule is CC(C)(CNC=O)c1ccc(-c2ccncc2)c(-c2ncc[nH]2)c1. The van der Waals surface area contributed by atoms with Crippen molar-refractivity contribution in [2.45, 2.75) is 19.3 Å². The number of hydrogen-bond donors (Lipinski definition) is 2. The first kappa shape index (κ1) is 15.9. The van der Waals surface area contributed by atoms with Gasteiger partial charge in [-0.25, -0.2) is 4.98 Å². The van der Waals surface area contributed by atoms with Crippen LogP contribution in [-0.2, 0) is 10.2 Å². The second-order valence-corrected chi connectivity index (χ2v) is 6.32. The summed E-state index contributed by atoms with van der Waals surface area (Å²) in [4.78, 5) is 22.3. The zero-order valence-electron chi connectivity index (χ0n) is 13.8. The lowest BCUT2D eigenvalue weighted by Crippen LogP contribution is -2.32. The fourth-order valence-corrected chi connectivity index (χ4v) is 2.76. The molecular weight excluding hydrogens is 300 g/mol. The van der Waals surface area contributed by atoms with Gasteiger partial charge in [-0.1, -0.05) is 26.0 Å². The molecule has 3 aromatic rings. The van der Waals surface area contributed by atoms with E-state index in [9.17, 15) is 4.79 Å². The highest BCUT2D eigenvalue weighted by Gasteiger charge is 2.22. The molecular formula is C19H20N4O. The number of hydrogen-bond acceptors (Lipinski definition) is 3. The predicted octanol–water partition coefficient (Wildman–Crippen LogP) is 3.16. The van der Waals surface area contributed by atoms with E-state index in [4.69, 9.17) is 0 Å². The van der Waals surface area contributed by atoms with E-state index in [1.54, 1.807) is 18.6 Å². The first-order valence-electron chi connectivity index (χ1n) is 7.83. The van der Waals surface area contributed by atoms with E-state index in [2.05, 4.69) is 52.3 Å². The van der Waals surface area contributed by atoms with Crippen LogP contribution in [0.1, 0.15) is 19.4 Å². The number of carbonyl (C=O) groups excluding carboxylic acids is 1. The van der Waals surface area contributed by atoms with Crippen molar-refractivity contribution in [1.82, 2.24) is 20.3 Å². The van der Waals surface area contributed by atoms with Crippen molar-refractivity contribution in [1.29, 1.82) is 0 Å². The van der Waals surface area contributed by atoms with E-state index in [1.807, 2.05) is 18.3 Å². The quantitative estimate of drug-likeness (QED) is 0.685. The van der Waals surface area contributed by atoms with Crippen molar-refractivity contribution in [2.24, 2.45) is 0 Å². The second kappa shape index (κ2) is 6.66. The maximum absolute atomic E-state index is 10.6. The molecule has 2 aromatic heterocycles. The average Bonchev–Trinajstić information content (AvgIpc) is 3.15. The normalized spacial score (nSPS) is 11.2. The van der Waals surface area contributed by atoms with E-state index in [-0.39, 0.29) is 5.41 Å². The molecule has 5 nitrogen and oxygen atoms in total. The third-order valence-corrected chi connectivity index (χ3v) is 4.17. The van der Waals surface area contributed by atoms with Gasteiger partial charge in [0.1, 0.15) is 5.82 Å². The first-order chi connectivity index (χ1) is 11.6. The van der Waals surface area contributed by atoms with Gasteiger partial charge in [-0.05, 0) is 34.9 Å². The number of aromatic amines is 1. The van der Waals surface area contributed by atoms with Crippen LogP contribution in [0.15, 0.2) is 55.1 Å². The Balaban J connectivity index is 2.11. The zero-order valence-corrected chi connectivity index (χ0v) is 13.8. The van der Waals surface area contributed by atoms with Crippen LogP contribution in [-0.4, -0.2) is 27.9 Å². The van der Waals surface area contributed by atoms with Crippen molar-refractivity contribution >= 4 is 6.41 Å². The van der Waals surface area contributed by atoms with Gasteiger partial charge >= 0.3 is 0 Å². The van der Waals surface area contributed by atoms with Crippen LogP contribution >= 0.6 is 0 Å². The van der Waals surface area contributed by atoms with Crippen LogP contribution < -0.4 is 5.32 Å². The second-order valence-electron chi connectivity index (χ2n) is 6.32. The minimum Gasteiger partial charge on any atom is -0.358 e. The van der Waals surface area contributed by atoms with Gasteiger partial charge in [-0.15, -0.1) is 0 Å². The Morgan fingerprint density at radius 3 is 2.58 bits per heavy atom. The lowest BCUT2D eigenvalue weighted by Gasteiger charge is -2.26. The number of carbonyl (C=O) groups is 1. The Bertz CT molecular complexity index is 811. The molecule has 5 heteroatoms. The molecule has 0 aliphatic rings. The maximum Gasteiger partial charge on any atom is 0.207 e. The van der Waals surface area contributed by atoms with E-state index < -0.39 is 0 Å². The van der Waals surface area contributed by atoms with Gasteiger partial charge in [0.05, 0.1) is 0 Å². The van der Waals surface area contributed by atoms with E-state index in [0.29, 0.717) is 6.54 Å². The summed E-state index contributed by atoms with van der Waals surface area (Å²) in [5, 5.41) is 2.78. The molecule has 0 spiro atoms. The summed E-state index contributed by atoms with van der Waals surface area (Å²) in [6, 6.07) is 10.3. The van der Waals surface area contributed by atoms with Crippen LogP contribution in [0, 0.1) is 0 Å². The van der Waals surface area contributed by atoms with Gasteiger partial charge in [0, 0.05) is 42.3 Å². The van der Waals surface area contributed by atoms with Gasteiger partial charge in [-0.2, -0.15) is 0 Å². The molecule has 0 unspecified atom stereocenters. The number of benzene rings is 1. The molecule has 2 heterocycles. The van der Waals surface area contributed by atoms with Crippen molar-refractivity contribution in [3.8, 4) is 22.5 Å². The Morgan fingerprint density at radius 1 is 1.12 bits per heavy atom. The zero-order chi connectivity index (χ0) is 17.0. The molecule has 1 amide bonds. The number of pyridine rings is 1. The van der Waals surface area contributed by atoms with Crippen molar-refractivity contribution < 1.29 is 4.79 Å². The van der Waals surface area contributed by atoms with Gasteiger partial charge in [0.25, 0.3) is 0 Å². The molecule has 0 atom stereocenters. The summed E-state index contributed by atoms with van der Waals surface area (Å²) >= 11 is 0. The van der Waals surface area contributed by atoms with E-state index in [0.717, 1.165) is 34.5 Å². The predicted molar refractivity (Wildman–Crippen MR) is 94.3 cm³/mol. The molecule has 0 radical (unpaired) electrons. The van der Waals surface area contributed by atoms with Gasteiger partial charge < -0.3 is 10.3 Å². The summed E-state index contributed by atoms with van der Waals surface area (Å²) in [5.41, 5.74) is 4.17. The minimum absolute atomic E-state index is 0.182. The molecule has 3 rings (SSSR count). The number of rotatable bonds is 6. The summed E-state index contributed by atoms with van der Waals surface area (Å²) in [6.07, 6.45) is 7.87. The number of imidazole rings is 1. The third kappa shape index (κ3) is 3.20. The van der Waals surface area contributed by atoms with Crippen LogP contribution in [0.5, 0.6) is 0 Å². The number of nitrogens with zero attached hydrogens (tertiary/aromatic N) is 2. The summed E-state index contributed by atoms with van der Waals surface area (Å²) in [7, 11) is 0. The van der Waals surface area contributed by atoms with E-state index >= 15 is 0 Å². The lowest BCUT2D eigenvalue weighted by atomic mass is 9.82. The molecule has 0 aliphatic carbocycles. The minimum atomic E-state index is -0.182. The van der Waals surface area contributed by atoms with Crippen LogP contribution in [0.25, 0.3) is 22.5 Å². The lowest BCUT2D eigenvalue weighted by molar-refractivity contribution is -0.109. The molecule has 1 aromatic carbocycles. The number of H-pyrrole nitrogens is 1. The molecule has 0 saturated carbocycles. The fourth-order valence-electron chi connectivity index (χ4n) is 2.76. The maximum atomic E-state index is 10.6. The number of amides is 1. The molecule has 122 valence electrons. The Hall–Kier alpha value is -2.95. The molecule has 0 fully saturated rings. The highest BCUT2D eigenvalue weighted by Crippen LogP contribution is 2.34. The summed E-state index contributed by atoms with van der Waals surface area (Å²) in [6.45, 7) is 4.79. The highest BCUT2D eigenvalue weighted by molar-refractivity contribution is 5.81. The molecule has 24 heavy (non-hydrogen) atoms. The van der Waals surface area contributed by atoms with Gasteiger partial charge in [0.2, 0.25) is 6.41 Å². The number of aromatic nitrogens is 3. The molecule has 0 bridgehead atoms.